The highest BCUT2D eigenvalue weighted by atomic mass is 19.3. The number of alkyl halides is 2. The second-order valence-electron chi connectivity index (χ2n) is 3.62. The number of hydrogen-bond acceptors (Lipinski definition) is 5. The van der Waals surface area contributed by atoms with Gasteiger partial charge in [0.1, 0.15) is 5.69 Å². The molecule has 0 N–H and O–H groups in total. The maximum absolute atomic E-state index is 13.0. The monoisotopic (exact) mass is 277 g/mol. The van der Waals surface area contributed by atoms with E-state index in [0.29, 0.717) is 19.6 Å². The van der Waals surface area contributed by atoms with Gasteiger partial charge in [0.15, 0.2) is 5.69 Å². The highest BCUT2D eigenvalue weighted by molar-refractivity contribution is 5.88. The largest absolute Gasteiger partial charge is 0.461 e. The molecule has 0 aromatic carbocycles. The van der Waals surface area contributed by atoms with Crippen molar-refractivity contribution >= 4 is 5.97 Å². The number of carbonyl (C=O) groups excluding carboxylic acids is 1. The molecule has 1 aromatic rings. The first-order valence-corrected chi connectivity index (χ1v) is 6.08. The van der Waals surface area contributed by atoms with Crippen LogP contribution in [-0.2, 0) is 16.0 Å². The summed E-state index contributed by atoms with van der Waals surface area (Å²) < 4.78 is 36.7. The van der Waals surface area contributed by atoms with Crippen LogP contribution in [0.1, 0.15) is 42.9 Å². The minimum absolute atomic E-state index is 0.0959. The highest BCUT2D eigenvalue weighted by Gasteiger charge is 2.27. The lowest BCUT2D eigenvalue weighted by Crippen LogP contribution is -2.12. The molecule has 0 aliphatic heterocycles. The van der Waals surface area contributed by atoms with E-state index in [4.69, 9.17) is 4.74 Å². The Kier molecular flexibility index (Phi) is 6.34. The van der Waals surface area contributed by atoms with Crippen molar-refractivity contribution in [3.63, 3.8) is 0 Å². The van der Waals surface area contributed by atoms with Crippen LogP contribution in [-0.4, -0.2) is 40.8 Å². The first-order valence-electron chi connectivity index (χ1n) is 6.08. The summed E-state index contributed by atoms with van der Waals surface area (Å²) in [4.78, 5) is 11.5. The lowest BCUT2D eigenvalue weighted by atomic mass is 10.3. The van der Waals surface area contributed by atoms with E-state index in [9.17, 15) is 13.6 Å². The predicted molar refractivity (Wildman–Crippen MR) is 62.0 cm³/mol. The molecular formula is C11H17F2N3O3. The molecule has 6 nitrogen and oxygen atoms in total. The molecule has 0 bridgehead atoms. The molecule has 0 saturated carbocycles. The zero-order valence-corrected chi connectivity index (χ0v) is 10.9. The van der Waals surface area contributed by atoms with Crippen LogP contribution in [0.25, 0.3) is 0 Å². The van der Waals surface area contributed by atoms with Gasteiger partial charge < -0.3 is 9.47 Å². The van der Waals surface area contributed by atoms with E-state index in [1.807, 2.05) is 6.92 Å². The zero-order chi connectivity index (χ0) is 14.3. The average molecular weight is 277 g/mol. The summed E-state index contributed by atoms with van der Waals surface area (Å²) in [6.07, 6.45) is -2.32. The third-order valence-corrected chi connectivity index (χ3v) is 2.31. The van der Waals surface area contributed by atoms with Crippen LogP contribution < -0.4 is 0 Å². The Morgan fingerprint density at radius 2 is 2.11 bits per heavy atom. The van der Waals surface area contributed by atoms with Gasteiger partial charge in [0.2, 0.25) is 0 Å². The van der Waals surface area contributed by atoms with Crippen LogP contribution in [0.5, 0.6) is 0 Å². The van der Waals surface area contributed by atoms with Crippen LogP contribution in [0.4, 0.5) is 8.78 Å². The molecule has 19 heavy (non-hydrogen) atoms. The summed E-state index contributed by atoms with van der Waals surface area (Å²) in [5, 5.41) is 7.04. The number of nitrogens with zero attached hydrogens (tertiary/aromatic N) is 3. The Morgan fingerprint density at radius 1 is 1.37 bits per heavy atom. The molecule has 1 rings (SSSR count). The molecule has 8 heteroatoms. The molecule has 0 aliphatic carbocycles. The van der Waals surface area contributed by atoms with E-state index in [-0.39, 0.29) is 13.2 Å². The van der Waals surface area contributed by atoms with Crippen molar-refractivity contribution < 1.29 is 23.0 Å². The fourth-order valence-corrected chi connectivity index (χ4v) is 1.51. The lowest BCUT2D eigenvalue weighted by Gasteiger charge is -2.07. The quantitative estimate of drug-likeness (QED) is 0.535. The number of ether oxygens (including phenoxy) is 2. The molecule has 0 unspecified atom stereocenters. The van der Waals surface area contributed by atoms with Gasteiger partial charge in [-0.25, -0.2) is 18.3 Å². The van der Waals surface area contributed by atoms with Gasteiger partial charge in [-0.1, -0.05) is 5.21 Å². The molecular weight excluding hydrogens is 260 g/mol. The molecule has 1 aromatic heterocycles. The Balaban J connectivity index is 2.78. The summed E-state index contributed by atoms with van der Waals surface area (Å²) in [5.74, 6) is -0.881. The van der Waals surface area contributed by atoms with E-state index in [2.05, 4.69) is 15.0 Å². The Hall–Kier alpha value is -1.57. The van der Waals surface area contributed by atoms with Gasteiger partial charge in [-0.2, -0.15) is 0 Å². The number of carbonyl (C=O) groups is 1. The number of rotatable bonds is 8. The van der Waals surface area contributed by atoms with Crippen molar-refractivity contribution in [3.8, 4) is 0 Å². The average Bonchev–Trinajstić information content (AvgIpc) is 2.79. The molecule has 0 amide bonds. The summed E-state index contributed by atoms with van der Waals surface area (Å²) in [5.41, 5.74) is -0.928. The van der Waals surface area contributed by atoms with Crippen molar-refractivity contribution in [2.45, 2.75) is 33.2 Å². The van der Waals surface area contributed by atoms with E-state index in [1.165, 1.54) is 0 Å². The Morgan fingerprint density at radius 3 is 2.68 bits per heavy atom. The number of halogens is 2. The summed E-state index contributed by atoms with van der Waals surface area (Å²) in [6, 6.07) is 0. The number of aromatic nitrogens is 3. The third-order valence-electron chi connectivity index (χ3n) is 2.31. The number of aryl methyl sites for hydroxylation is 1. The molecule has 1 heterocycles. The van der Waals surface area contributed by atoms with Gasteiger partial charge in [-0.15, -0.1) is 5.10 Å². The van der Waals surface area contributed by atoms with Crippen LogP contribution in [0.2, 0.25) is 0 Å². The van der Waals surface area contributed by atoms with E-state index in [1.54, 1.807) is 6.92 Å². The summed E-state index contributed by atoms with van der Waals surface area (Å²) in [7, 11) is 0. The SMILES string of the molecule is CCOCCCn1nnc(C(=O)OCC)c1C(F)F. The summed E-state index contributed by atoms with van der Waals surface area (Å²) in [6.45, 7) is 4.75. The maximum atomic E-state index is 13.0. The van der Waals surface area contributed by atoms with Crippen molar-refractivity contribution in [2.75, 3.05) is 19.8 Å². The van der Waals surface area contributed by atoms with E-state index < -0.39 is 23.8 Å². The van der Waals surface area contributed by atoms with Crippen LogP contribution in [0, 0.1) is 0 Å². The predicted octanol–water partition coefficient (Wildman–Crippen LogP) is 1.82. The van der Waals surface area contributed by atoms with Crippen LogP contribution in [0.3, 0.4) is 0 Å². The minimum Gasteiger partial charge on any atom is -0.461 e. The van der Waals surface area contributed by atoms with E-state index in [0.717, 1.165) is 4.68 Å². The van der Waals surface area contributed by atoms with Crippen molar-refractivity contribution in [1.29, 1.82) is 0 Å². The standard InChI is InChI=1S/C11H17F2N3O3/c1-3-18-7-5-6-16-9(10(12)13)8(14-15-16)11(17)19-4-2/h10H,3-7H2,1-2H3. The lowest BCUT2D eigenvalue weighted by molar-refractivity contribution is 0.0506. The Bertz CT molecular complexity index is 410. The van der Waals surface area contributed by atoms with Gasteiger partial charge in [0, 0.05) is 19.8 Å². The first kappa shape index (κ1) is 15.5. The topological polar surface area (TPSA) is 66.2 Å². The van der Waals surface area contributed by atoms with E-state index >= 15 is 0 Å². The van der Waals surface area contributed by atoms with Gasteiger partial charge in [0.05, 0.1) is 6.61 Å². The molecule has 0 spiro atoms. The second kappa shape index (κ2) is 7.78. The first-order chi connectivity index (χ1) is 9.11. The highest BCUT2D eigenvalue weighted by Crippen LogP contribution is 2.22. The molecule has 108 valence electrons. The van der Waals surface area contributed by atoms with Gasteiger partial charge in [-0.05, 0) is 20.3 Å². The van der Waals surface area contributed by atoms with Crippen molar-refractivity contribution in [3.05, 3.63) is 11.4 Å². The second-order valence-corrected chi connectivity index (χ2v) is 3.62. The van der Waals surface area contributed by atoms with Crippen molar-refractivity contribution in [1.82, 2.24) is 15.0 Å². The van der Waals surface area contributed by atoms with Gasteiger partial charge in [0.25, 0.3) is 6.43 Å². The number of hydrogen-bond donors (Lipinski definition) is 0. The molecule has 0 saturated heterocycles. The smallest absolute Gasteiger partial charge is 0.361 e. The van der Waals surface area contributed by atoms with Crippen LogP contribution in [0.15, 0.2) is 0 Å². The van der Waals surface area contributed by atoms with Crippen molar-refractivity contribution in [2.24, 2.45) is 0 Å². The normalized spacial score (nSPS) is 11.0. The fourth-order valence-electron chi connectivity index (χ4n) is 1.51. The molecule has 0 radical (unpaired) electrons. The third kappa shape index (κ3) is 4.23. The maximum Gasteiger partial charge on any atom is 0.361 e. The van der Waals surface area contributed by atoms with Crippen LogP contribution >= 0.6 is 0 Å². The molecule has 0 fully saturated rings. The zero-order valence-electron chi connectivity index (χ0n) is 10.9. The fraction of sp³-hybridized carbons (Fsp3) is 0.727. The minimum atomic E-state index is -2.83. The van der Waals surface area contributed by atoms with Gasteiger partial charge >= 0.3 is 5.97 Å². The molecule has 0 atom stereocenters. The number of esters is 1. The Labute approximate surface area is 109 Å². The summed E-state index contributed by atoms with van der Waals surface area (Å²) >= 11 is 0. The molecule has 0 aliphatic rings. The van der Waals surface area contributed by atoms with Gasteiger partial charge in [-0.3, -0.25) is 0 Å².